The molecule has 0 saturated carbocycles. The Kier molecular flexibility index (Phi) is 4.87. The minimum atomic E-state index is 1.04. The van der Waals surface area contributed by atoms with Crippen molar-refractivity contribution in [2.75, 3.05) is 18.4 Å². The maximum absolute atomic E-state index is 3.39. The summed E-state index contributed by atoms with van der Waals surface area (Å²) in [6.45, 7) is 7.77. The van der Waals surface area contributed by atoms with Crippen LogP contribution in [0.5, 0.6) is 0 Å². The van der Waals surface area contributed by atoms with Crippen molar-refractivity contribution in [3.8, 4) is 0 Å². The molecule has 0 atom stereocenters. The number of nitrogens with zero attached hydrogens (tertiary/aromatic N) is 1. The molecule has 1 heterocycles. The van der Waals surface area contributed by atoms with Crippen molar-refractivity contribution >= 4 is 5.69 Å². The fourth-order valence-corrected chi connectivity index (χ4v) is 2.32. The SMILES string of the molecule is CCCCCCN1C[CH]Nc2ccccc2C1. The molecule has 0 aromatic heterocycles. The number of benzene rings is 1. The van der Waals surface area contributed by atoms with Crippen LogP contribution in [0.4, 0.5) is 5.69 Å². The first-order valence-electron chi connectivity index (χ1n) is 6.78. The zero-order valence-electron chi connectivity index (χ0n) is 10.8. The summed E-state index contributed by atoms with van der Waals surface area (Å²) in [6, 6.07) is 8.60. The minimum absolute atomic E-state index is 1.04. The zero-order valence-corrected chi connectivity index (χ0v) is 10.8. The summed E-state index contributed by atoms with van der Waals surface area (Å²) in [4.78, 5) is 2.52. The average Bonchev–Trinajstić information content (AvgIpc) is 2.56. The molecule has 2 rings (SSSR count). The fourth-order valence-electron chi connectivity index (χ4n) is 2.32. The third-order valence-electron chi connectivity index (χ3n) is 3.35. The highest BCUT2D eigenvalue weighted by molar-refractivity contribution is 5.53. The lowest BCUT2D eigenvalue weighted by atomic mass is 10.1. The molecule has 0 unspecified atom stereocenters. The summed E-state index contributed by atoms with van der Waals surface area (Å²) in [7, 11) is 0. The number of hydrogen-bond donors (Lipinski definition) is 1. The van der Waals surface area contributed by atoms with Crippen molar-refractivity contribution < 1.29 is 0 Å². The van der Waals surface area contributed by atoms with Crippen LogP contribution in [0.25, 0.3) is 0 Å². The Balaban J connectivity index is 1.85. The summed E-state index contributed by atoms with van der Waals surface area (Å²) in [5, 5.41) is 3.39. The molecule has 93 valence electrons. The van der Waals surface area contributed by atoms with Gasteiger partial charge in [0, 0.05) is 18.8 Å². The van der Waals surface area contributed by atoms with Gasteiger partial charge < -0.3 is 5.32 Å². The van der Waals surface area contributed by atoms with Crippen LogP contribution in [0.3, 0.4) is 0 Å². The first-order chi connectivity index (χ1) is 8.40. The molecule has 0 saturated heterocycles. The third-order valence-corrected chi connectivity index (χ3v) is 3.35. The van der Waals surface area contributed by atoms with Crippen LogP contribution in [0.2, 0.25) is 0 Å². The largest absolute Gasteiger partial charge is 0.379 e. The van der Waals surface area contributed by atoms with Crippen molar-refractivity contribution in [2.24, 2.45) is 0 Å². The number of rotatable bonds is 5. The van der Waals surface area contributed by atoms with E-state index in [4.69, 9.17) is 0 Å². The molecule has 0 amide bonds. The molecular weight excluding hydrogens is 208 g/mol. The Morgan fingerprint density at radius 1 is 1.18 bits per heavy atom. The van der Waals surface area contributed by atoms with Crippen LogP contribution >= 0.6 is 0 Å². The van der Waals surface area contributed by atoms with Crippen molar-refractivity contribution in [1.82, 2.24) is 4.90 Å². The van der Waals surface area contributed by atoms with E-state index in [0.717, 1.165) is 13.1 Å². The summed E-state index contributed by atoms with van der Waals surface area (Å²) in [6.07, 6.45) is 5.37. The van der Waals surface area contributed by atoms with Gasteiger partial charge in [-0.05, 0) is 24.6 Å². The predicted molar refractivity (Wildman–Crippen MR) is 73.8 cm³/mol. The molecule has 17 heavy (non-hydrogen) atoms. The van der Waals surface area contributed by atoms with Gasteiger partial charge in [-0.2, -0.15) is 0 Å². The van der Waals surface area contributed by atoms with E-state index in [0.29, 0.717) is 0 Å². The van der Waals surface area contributed by atoms with E-state index in [1.54, 1.807) is 0 Å². The second kappa shape index (κ2) is 6.65. The first kappa shape index (κ1) is 12.4. The lowest BCUT2D eigenvalue weighted by molar-refractivity contribution is 0.283. The van der Waals surface area contributed by atoms with Crippen LogP contribution in [0, 0.1) is 6.54 Å². The number of anilines is 1. The van der Waals surface area contributed by atoms with E-state index in [1.807, 2.05) is 0 Å². The second-order valence-corrected chi connectivity index (χ2v) is 4.80. The van der Waals surface area contributed by atoms with E-state index in [-0.39, 0.29) is 0 Å². The smallest absolute Gasteiger partial charge is 0.0602 e. The Hall–Kier alpha value is -1.02. The van der Waals surface area contributed by atoms with Gasteiger partial charge in [0.15, 0.2) is 0 Å². The van der Waals surface area contributed by atoms with E-state index >= 15 is 0 Å². The van der Waals surface area contributed by atoms with Gasteiger partial charge in [0.1, 0.15) is 0 Å². The van der Waals surface area contributed by atoms with Gasteiger partial charge in [0.2, 0.25) is 0 Å². The molecule has 1 N–H and O–H groups in total. The van der Waals surface area contributed by atoms with E-state index in [9.17, 15) is 0 Å². The van der Waals surface area contributed by atoms with Crippen molar-refractivity contribution in [3.05, 3.63) is 36.4 Å². The fraction of sp³-hybridized carbons (Fsp3) is 0.533. The quantitative estimate of drug-likeness (QED) is 0.778. The Bertz CT molecular complexity index is 335. The lowest BCUT2D eigenvalue weighted by Crippen LogP contribution is -2.25. The van der Waals surface area contributed by atoms with Gasteiger partial charge in [0.05, 0.1) is 6.54 Å². The standard InChI is InChI=1S/C15H23N2/c1-2-3-4-7-11-17-12-10-16-15-9-6-5-8-14(15)13-17/h5-6,8-10,16H,2-4,7,11-13H2,1H3. The van der Waals surface area contributed by atoms with Crippen molar-refractivity contribution in [3.63, 3.8) is 0 Å². The lowest BCUT2D eigenvalue weighted by Gasteiger charge is -2.19. The highest BCUT2D eigenvalue weighted by Gasteiger charge is 2.12. The van der Waals surface area contributed by atoms with Gasteiger partial charge in [-0.15, -0.1) is 0 Å². The van der Waals surface area contributed by atoms with Gasteiger partial charge in [-0.1, -0.05) is 44.4 Å². The highest BCUT2D eigenvalue weighted by atomic mass is 15.1. The van der Waals surface area contributed by atoms with Crippen LogP contribution in [-0.4, -0.2) is 18.0 Å². The Morgan fingerprint density at radius 3 is 2.94 bits per heavy atom. The molecule has 2 heteroatoms. The number of unbranched alkanes of at least 4 members (excludes halogenated alkanes) is 3. The number of hydrogen-bond acceptors (Lipinski definition) is 2. The first-order valence-corrected chi connectivity index (χ1v) is 6.78. The zero-order chi connectivity index (χ0) is 11.9. The maximum Gasteiger partial charge on any atom is 0.0602 e. The summed E-state index contributed by atoms with van der Waals surface area (Å²) < 4.78 is 0. The number of nitrogens with one attached hydrogen (secondary N) is 1. The molecule has 0 aliphatic carbocycles. The Labute approximate surface area is 105 Å². The van der Waals surface area contributed by atoms with Crippen LogP contribution in [0.1, 0.15) is 38.2 Å². The second-order valence-electron chi connectivity index (χ2n) is 4.80. The topological polar surface area (TPSA) is 15.3 Å². The van der Waals surface area contributed by atoms with E-state index in [2.05, 4.69) is 48.0 Å². The monoisotopic (exact) mass is 231 g/mol. The minimum Gasteiger partial charge on any atom is -0.379 e. The summed E-state index contributed by atoms with van der Waals surface area (Å²) >= 11 is 0. The predicted octanol–water partition coefficient (Wildman–Crippen LogP) is 3.66. The van der Waals surface area contributed by atoms with E-state index in [1.165, 1.54) is 43.5 Å². The average molecular weight is 231 g/mol. The van der Waals surface area contributed by atoms with Gasteiger partial charge in [0.25, 0.3) is 0 Å². The number of para-hydroxylation sites is 1. The molecule has 2 nitrogen and oxygen atoms in total. The van der Waals surface area contributed by atoms with Crippen LogP contribution < -0.4 is 5.32 Å². The maximum atomic E-state index is 3.39. The highest BCUT2D eigenvalue weighted by Crippen LogP contribution is 2.21. The van der Waals surface area contributed by atoms with Crippen LogP contribution in [0.15, 0.2) is 24.3 Å². The molecular formula is C15H23N2. The normalized spacial score (nSPS) is 16.1. The molecule has 1 aliphatic heterocycles. The molecule has 0 fully saturated rings. The molecule has 0 bridgehead atoms. The third kappa shape index (κ3) is 3.74. The van der Waals surface area contributed by atoms with Gasteiger partial charge >= 0.3 is 0 Å². The van der Waals surface area contributed by atoms with Crippen LogP contribution in [-0.2, 0) is 6.54 Å². The number of fused-ring (bicyclic) bond motifs is 1. The van der Waals surface area contributed by atoms with Gasteiger partial charge in [-0.3, -0.25) is 4.90 Å². The molecule has 1 aliphatic rings. The van der Waals surface area contributed by atoms with Crippen molar-refractivity contribution in [2.45, 2.75) is 39.2 Å². The van der Waals surface area contributed by atoms with Gasteiger partial charge in [-0.25, -0.2) is 0 Å². The summed E-state index contributed by atoms with van der Waals surface area (Å²) in [5.74, 6) is 0. The van der Waals surface area contributed by atoms with Crippen molar-refractivity contribution in [1.29, 1.82) is 0 Å². The molecule has 1 aromatic rings. The molecule has 1 aromatic carbocycles. The summed E-state index contributed by atoms with van der Waals surface area (Å²) in [5.41, 5.74) is 2.68. The molecule has 0 spiro atoms. The Morgan fingerprint density at radius 2 is 2.06 bits per heavy atom. The van der Waals surface area contributed by atoms with E-state index < -0.39 is 0 Å². The molecule has 1 radical (unpaired) electrons.